The van der Waals surface area contributed by atoms with Crippen LogP contribution in [0.15, 0.2) is 45.9 Å². The molecule has 0 radical (unpaired) electrons. The number of ether oxygens (including phenoxy) is 1. The van der Waals surface area contributed by atoms with E-state index in [1.807, 2.05) is 19.9 Å². The fourth-order valence-electron chi connectivity index (χ4n) is 2.16. The first-order chi connectivity index (χ1) is 11.9. The minimum atomic E-state index is -3.64. The SMILES string of the molecule is CCCC(C)NS(=O)(=O)c1cnc(Oc2ccc(C#N)cc2)c(Br)c1. The maximum Gasteiger partial charge on any atom is 0.242 e. The van der Waals surface area contributed by atoms with Gasteiger partial charge in [0.25, 0.3) is 0 Å². The van der Waals surface area contributed by atoms with Crippen molar-refractivity contribution in [2.75, 3.05) is 0 Å². The van der Waals surface area contributed by atoms with Gasteiger partial charge in [-0.15, -0.1) is 0 Å². The van der Waals surface area contributed by atoms with E-state index in [4.69, 9.17) is 10.00 Å². The second-order valence-electron chi connectivity index (χ2n) is 5.51. The largest absolute Gasteiger partial charge is 0.438 e. The zero-order chi connectivity index (χ0) is 18.4. The zero-order valence-corrected chi connectivity index (χ0v) is 16.3. The lowest BCUT2D eigenvalue weighted by Gasteiger charge is -2.14. The number of rotatable bonds is 7. The monoisotopic (exact) mass is 423 g/mol. The summed E-state index contributed by atoms with van der Waals surface area (Å²) in [6.45, 7) is 3.82. The Labute approximate surface area is 156 Å². The summed E-state index contributed by atoms with van der Waals surface area (Å²) in [7, 11) is -3.64. The van der Waals surface area contributed by atoms with Crippen LogP contribution in [0.3, 0.4) is 0 Å². The number of pyridine rings is 1. The lowest BCUT2D eigenvalue weighted by atomic mass is 10.2. The predicted octanol–water partition coefficient (Wildman–Crippen LogP) is 3.97. The van der Waals surface area contributed by atoms with Crippen LogP contribution in [0.1, 0.15) is 32.3 Å². The molecule has 6 nitrogen and oxygen atoms in total. The van der Waals surface area contributed by atoms with Crippen LogP contribution in [0.25, 0.3) is 0 Å². The van der Waals surface area contributed by atoms with Crippen LogP contribution < -0.4 is 9.46 Å². The van der Waals surface area contributed by atoms with Gasteiger partial charge in [-0.25, -0.2) is 18.1 Å². The minimum Gasteiger partial charge on any atom is -0.438 e. The number of hydrogen-bond donors (Lipinski definition) is 1. The van der Waals surface area contributed by atoms with E-state index in [1.165, 1.54) is 12.3 Å². The zero-order valence-electron chi connectivity index (χ0n) is 13.9. The molecule has 0 aliphatic rings. The maximum atomic E-state index is 12.4. The second kappa shape index (κ2) is 8.43. The van der Waals surface area contributed by atoms with Crippen molar-refractivity contribution in [2.45, 2.75) is 37.6 Å². The summed E-state index contributed by atoms with van der Waals surface area (Å²) >= 11 is 3.29. The molecule has 25 heavy (non-hydrogen) atoms. The highest BCUT2D eigenvalue weighted by molar-refractivity contribution is 9.10. The molecular formula is C17H18BrN3O3S. The van der Waals surface area contributed by atoms with Crippen LogP contribution in [-0.4, -0.2) is 19.4 Å². The number of sulfonamides is 1. The van der Waals surface area contributed by atoms with Gasteiger partial charge in [0.2, 0.25) is 15.9 Å². The molecule has 132 valence electrons. The van der Waals surface area contributed by atoms with Gasteiger partial charge in [0.05, 0.1) is 22.3 Å². The Balaban J connectivity index is 2.18. The van der Waals surface area contributed by atoms with E-state index in [2.05, 4.69) is 25.6 Å². The molecule has 1 N–H and O–H groups in total. The average molecular weight is 424 g/mol. The van der Waals surface area contributed by atoms with E-state index in [1.54, 1.807) is 24.3 Å². The molecule has 8 heteroatoms. The Kier molecular flexibility index (Phi) is 6.53. The first-order valence-corrected chi connectivity index (χ1v) is 9.99. The molecule has 0 fully saturated rings. The third kappa shape index (κ3) is 5.26. The smallest absolute Gasteiger partial charge is 0.242 e. The van der Waals surface area contributed by atoms with Crippen molar-refractivity contribution >= 4 is 26.0 Å². The number of nitriles is 1. The Morgan fingerprint density at radius 1 is 1.36 bits per heavy atom. The van der Waals surface area contributed by atoms with Crippen molar-refractivity contribution in [1.29, 1.82) is 5.26 Å². The number of aromatic nitrogens is 1. The van der Waals surface area contributed by atoms with Crippen molar-refractivity contribution in [3.8, 4) is 17.7 Å². The quantitative estimate of drug-likeness (QED) is 0.726. The predicted molar refractivity (Wildman–Crippen MR) is 97.9 cm³/mol. The molecule has 0 spiro atoms. The minimum absolute atomic E-state index is 0.0644. The average Bonchev–Trinajstić information content (AvgIpc) is 2.57. The van der Waals surface area contributed by atoms with Crippen LogP contribution in [-0.2, 0) is 10.0 Å². The van der Waals surface area contributed by atoms with E-state index < -0.39 is 10.0 Å². The molecule has 0 amide bonds. The van der Waals surface area contributed by atoms with Gasteiger partial charge in [0.15, 0.2) is 0 Å². The number of nitrogens with zero attached hydrogens (tertiary/aromatic N) is 2. The summed E-state index contributed by atoms with van der Waals surface area (Å²) in [5.74, 6) is 0.739. The van der Waals surface area contributed by atoms with E-state index in [-0.39, 0.29) is 16.8 Å². The van der Waals surface area contributed by atoms with Gasteiger partial charge < -0.3 is 4.74 Å². The summed E-state index contributed by atoms with van der Waals surface area (Å²) in [6.07, 6.45) is 2.90. The van der Waals surface area contributed by atoms with E-state index >= 15 is 0 Å². The second-order valence-corrected chi connectivity index (χ2v) is 8.08. The van der Waals surface area contributed by atoms with Crippen LogP contribution >= 0.6 is 15.9 Å². The summed E-state index contributed by atoms with van der Waals surface area (Å²) < 4.78 is 33.4. The van der Waals surface area contributed by atoms with Crippen molar-refractivity contribution in [2.24, 2.45) is 0 Å². The highest BCUT2D eigenvalue weighted by Gasteiger charge is 2.19. The van der Waals surface area contributed by atoms with Crippen LogP contribution in [0.4, 0.5) is 0 Å². The third-order valence-corrected chi connectivity index (χ3v) is 5.49. The van der Waals surface area contributed by atoms with E-state index in [0.717, 1.165) is 12.8 Å². The molecule has 1 aromatic carbocycles. The van der Waals surface area contributed by atoms with Gasteiger partial charge in [-0.05, 0) is 59.6 Å². The number of halogens is 1. The molecule has 1 unspecified atom stereocenters. The molecule has 2 aromatic rings. The van der Waals surface area contributed by atoms with Crippen molar-refractivity contribution in [3.05, 3.63) is 46.6 Å². The Morgan fingerprint density at radius 3 is 2.60 bits per heavy atom. The Bertz CT molecular complexity index is 877. The first-order valence-electron chi connectivity index (χ1n) is 7.71. The maximum absolute atomic E-state index is 12.4. The molecule has 0 saturated carbocycles. The molecule has 1 heterocycles. The molecule has 0 bridgehead atoms. The van der Waals surface area contributed by atoms with Gasteiger partial charge in [-0.1, -0.05) is 13.3 Å². The summed E-state index contributed by atoms with van der Waals surface area (Å²) in [5.41, 5.74) is 0.521. The number of benzene rings is 1. The van der Waals surface area contributed by atoms with Crippen molar-refractivity contribution in [1.82, 2.24) is 9.71 Å². The van der Waals surface area contributed by atoms with Crippen molar-refractivity contribution < 1.29 is 13.2 Å². The highest BCUT2D eigenvalue weighted by Crippen LogP contribution is 2.29. The van der Waals surface area contributed by atoms with Gasteiger partial charge in [-0.2, -0.15) is 5.26 Å². The molecular weight excluding hydrogens is 406 g/mol. The van der Waals surface area contributed by atoms with E-state index in [9.17, 15) is 8.42 Å². The molecule has 1 aromatic heterocycles. The highest BCUT2D eigenvalue weighted by atomic mass is 79.9. The molecule has 0 aliphatic heterocycles. The number of hydrogen-bond acceptors (Lipinski definition) is 5. The molecule has 0 aliphatic carbocycles. The number of nitrogens with one attached hydrogen (secondary N) is 1. The van der Waals surface area contributed by atoms with Crippen molar-refractivity contribution in [3.63, 3.8) is 0 Å². The Morgan fingerprint density at radius 2 is 2.04 bits per heavy atom. The van der Waals surface area contributed by atoms with Crippen LogP contribution in [0.5, 0.6) is 11.6 Å². The fraction of sp³-hybridized carbons (Fsp3) is 0.294. The normalized spacial score (nSPS) is 12.4. The van der Waals surface area contributed by atoms with Crippen LogP contribution in [0, 0.1) is 11.3 Å². The Hall–Kier alpha value is -1.95. The lowest BCUT2D eigenvalue weighted by molar-refractivity contribution is 0.458. The summed E-state index contributed by atoms with van der Waals surface area (Å²) in [5, 5.41) is 8.79. The topological polar surface area (TPSA) is 92.1 Å². The lowest BCUT2D eigenvalue weighted by Crippen LogP contribution is -2.32. The molecule has 0 saturated heterocycles. The summed E-state index contributed by atoms with van der Waals surface area (Å²) in [6, 6.07) is 9.87. The first kappa shape index (κ1) is 19.4. The van der Waals surface area contributed by atoms with E-state index in [0.29, 0.717) is 15.8 Å². The standard InChI is InChI=1S/C17H18BrN3O3S/c1-3-4-12(2)21-25(22,23)15-9-16(18)17(20-11-15)24-14-7-5-13(10-19)6-8-14/h5-9,11-12,21H,3-4H2,1-2H3. The fourth-order valence-corrected chi connectivity index (χ4v) is 3.99. The van der Waals surface area contributed by atoms with Gasteiger partial charge in [-0.3, -0.25) is 0 Å². The van der Waals surface area contributed by atoms with Crippen LogP contribution in [0.2, 0.25) is 0 Å². The molecule has 2 rings (SSSR count). The molecule has 1 atom stereocenters. The third-order valence-electron chi connectivity index (χ3n) is 3.37. The van der Waals surface area contributed by atoms with Gasteiger partial charge in [0, 0.05) is 6.04 Å². The van der Waals surface area contributed by atoms with Gasteiger partial charge in [0.1, 0.15) is 10.6 Å². The van der Waals surface area contributed by atoms with Gasteiger partial charge >= 0.3 is 0 Å². The summed E-state index contributed by atoms with van der Waals surface area (Å²) in [4.78, 5) is 4.15.